The lowest BCUT2D eigenvalue weighted by Crippen LogP contribution is -2.27. The topological polar surface area (TPSA) is 110 Å². The van der Waals surface area contributed by atoms with Gasteiger partial charge in [0.25, 0.3) is 6.01 Å². The molecule has 0 spiro atoms. The van der Waals surface area contributed by atoms with E-state index in [-0.39, 0.29) is 6.54 Å². The third kappa shape index (κ3) is 3.34. The summed E-state index contributed by atoms with van der Waals surface area (Å²) in [6.45, 7) is 0.648. The molecule has 1 aromatic heterocycles. The molecule has 7 nitrogen and oxygen atoms in total. The summed E-state index contributed by atoms with van der Waals surface area (Å²) in [7, 11) is -3.17. The van der Waals surface area contributed by atoms with Crippen molar-refractivity contribution in [2.45, 2.75) is 0 Å². The zero-order chi connectivity index (χ0) is 13.2. The van der Waals surface area contributed by atoms with Gasteiger partial charge in [0.2, 0.25) is 10.0 Å². The number of oxazole rings is 1. The van der Waals surface area contributed by atoms with Crippen LogP contribution >= 0.6 is 0 Å². The molecule has 1 heterocycles. The Morgan fingerprint density at radius 2 is 2.17 bits per heavy atom. The van der Waals surface area contributed by atoms with E-state index in [1.165, 1.54) is 0 Å². The van der Waals surface area contributed by atoms with E-state index >= 15 is 0 Å². The fourth-order valence-corrected chi connectivity index (χ4v) is 1.90. The molecule has 0 bridgehead atoms. The average molecular weight is 270 g/mol. The molecule has 0 saturated carbocycles. The van der Waals surface area contributed by atoms with Crippen molar-refractivity contribution in [2.75, 3.05) is 30.4 Å². The highest BCUT2D eigenvalue weighted by Crippen LogP contribution is 2.20. The standard InChI is InChI=1S/C10H14N4O3S/c1-18(15,16)13-5-4-12-10-14-8-6-7(11)2-3-9(8)17-10/h2-3,6,13H,4-5,11H2,1H3,(H,12,14). The molecule has 98 valence electrons. The molecular weight excluding hydrogens is 256 g/mol. The maximum Gasteiger partial charge on any atom is 0.295 e. The number of sulfonamides is 1. The van der Waals surface area contributed by atoms with Crippen LogP contribution in [0.15, 0.2) is 22.6 Å². The molecule has 0 aliphatic heterocycles. The molecule has 0 atom stereocenters. The Bertz CT molecular complexity index is 650. The lowest BCUT2D eigenvalue weighted by atomic mass is 10.3. The highest BCUT2D eigenvalue weighted by molar-refractivity contribution is 7.88. The van der Waals surface area contributed by atoms with Crippen LogP contribution in [0.1, 0.15) is 0 Å². The number of nitrogens with zero attached hydrogens (tertiary/aromatic N) is 1. The van der Waals surface area contributed by atoms with Gasteiger partial charge in [-0.25, -0.2) is 13.1 Å². The summed E-state index contributed by atoms with van der Waals surface area (Å²) >= 11 is 0. The molecule has 1 aromatic carbocycles. The first-order chi connectivity index (χ1) is 8.44. The van der Waals surface area contributed by atoms with Crippen LogP contribution in [0.5, 0.6) is 0 Å². The number of benzene rings is 1. The summed E-state index contributed by atoms with van der Waals surface area (Å²) in [6, 6.07) is 5.50. The number of fused-ring (bicyclic) bond motifs is 1. The molecule has 2 aromatic rings. The van der Waals surface area contributed by atoms with Gasteiger partial charge < -0.3 is 15.5 Å². The van der Waals surface area contributed by atoms with E-state index in [1.54, 1.807) is 18.2 Å². The first kappa shape index (κ1) is 12.7. The molecule has 4 N–H and O–H groups in total. The quantitative estimate of drug-likeness (QED) is 0.535. The molecule has 18 heavy (non-hydrogen) atoms. The number of nitrogens with two attached hydrogens (primary N) is 1. The van der Waals surface area contributed by atoms with Gasteiger partial charge in [-0.2, -0.15) is 4.98 Å². The second kappa shape index (κ2) is 4.83. The van der Waals surface area contributed by atoms with Crippen LogP contribution in [0, 0.1) is 0 Å². The van der Waals surface area contributed by atoms with Gasteiger partial charge in [0, 0.05) is 18.8 Å². The number of aromatic nitrogens is 1. The second-order valence-corrected chi connectivity index (χ2v) is 5.67. The fraction of sp³-hybridized carbons (Fsp3) is 0.300. The van der Waals surface area contributed by atoms with Crippen LogP contribution in [0.2, 0.25) is 0 Å². The molecule has 2 rings (SSSR count). The smallest absolute Gasteiger partial charge is 0.295 e. The van der Waals surface area contributed by atoms with Gasteiger partial charge >= 0.3 is 0 Å². The Morgan fingerprint density at radius 3 is 2.89 bits per heavy atom. The van der Waals surface area contributed by atoms with Crippen molar-refractivity contribution in [3.05, 3.63) is 18.2 Å². The third-order valence-electron chi connectivity index (χ3n) is 2.18. The molecule has 0 radical (unpaired) electrons. The van der Waals surface area contributed by atoms with E-state index in [0.29, 0.717) is 29.3 Å². The van der Waals surface area contributed by atoms with E-state index in [9.17, 15) is 8.42 Å². The minimum absolute atomic E-state index is 0.264. The number of nitrogen functional groups attached to an aromatic ring is 1. The summed E-state index contributed by atoms with van der Waals surface area (Å²) in [5.41, 5.74) is 7.52. The maximum absolute atomic E-state index is 10.8. The van der Waals surface area contributed by atoms with Gasteiger partial charge in [0.05, 0.1) is 6.26 Å². The Hall–Kier alpha value is -1.80. The molecule has 0 amide bonds. The van der Waals surface area contributed by atoms with Gasteiger partial charge in [-0.3, -0.25) is 0 Å². The number of anilines is 2. The van der Waals surface area contributed by atoms with Crippen molar-refractivity contribution in [2.24, 2.45) is 0 Å². The molecule has 0 aliphatic rings. The third-order valence-corrected chi connectivity index (χ3v) is 2.91. The minimum atomic E-state index is -3.17. The highest BCUT2D eigenvalue weighted by atomic mass is 32.2. The average Bonchev–Trinajstić information content (AvgIpc) is 2.65. The predicted molar refractivity (Wildman–Crippen MR) is 69.8 cm³/mol. The normalized spacial score (nSPS) is 11.8. The summed E-state index contributed by atoms with van der Waals surface area (Å²) < 4.78 is 29.4. The lowest BCUT2D eigenvalue weighted by molar-refractivity contribution is 0.586. The number of nitrogens with one attached hydrogen (secondary N) is 2. The number of hydrogen-bond donors (Lipinski definition) is 3. The van der Waals surface area contributed by atoms with Crippen molar-refractivity contribution >= 4 is 32.8 Å². The number of rotatable bonds is 5. The Labute approximate surface area is 104 Å². The summed E-state index contributed by atoms with van der Waals surface area (Å²) in [6.07, 6.45) is 1.11. The number of hydrogen-bond acceptors (Lipinski definition) is 6. The van der Waals surface area contributed by atoms with E-state index < -0.39 is 10.0 Å². The van der Waals surface area contributed by atoms with E-state index in [2.05, 4.69) is 15.0 Å². The predicted octanol–water partition coefficient (Wildman–Crippen LogP) is 0.371. The first-order valence-electron chi connectivity index (χ1n) is 5.28. The van der Waals surface area contributed by atoms with Crippen molar-refractivity contribution < 1.29 is 12.8 Å². The van der Waals surface area contributed by atoms with Crippen LogP contribution in [-0.2, 0) is 10.0 Å². The SMILES string of the molecule is CS(=O)(=O)NCCNc1nc2cc(N)ccc2o1. The molecule has 8 heteroatoms. The molecule has 0 aliphatic carbocycles. The van der Waals surface area contributed by atoms with E-state index in [1.807, 2.05) is 0 Å². The first-order valence-corrected chi connectivity index (χ1v) is 7.18. The van der Waals surface area contributed by atoms with Crippen molar-refractivity contribution in [1.29, 1.82) is 0 Å². The van der Waals surface area contributed by atoms with Gasteiger partial charge in [-0.15, -0.1) is 0 Å². The van der Waals surface area contributed by atoms with Gasteiger partial charge in [-0.1, -0.05) is 0 Å². The van der Waals surface area contributed by atoms with Crippen LogP contribution in [0.4, 0.5) is 11.7 Å². The summed E-state index contributed by atoms with van der Waals surface area (Å²) in [5, 5.41) is 2.88. The van der Waals surface area contributed by atoms with Crippen molar-refractivity contribution in [3.8, 4) is 0 Å². The summed E-state index contributed by atoms with van der Waals surface area (Å²) in [5.74, 6) is 0. The Kier molecular flexibility index (Phi) is 3.39. The van der Waals surface area contributed by atoms with Crippen LogP contribution in [0.3, 0.4) is 0 Å². The highest BCUT2D eigenvalue weighted by Gasteiger charge is 2.05. The zero-order valence-electron chi connectivity index (χ0n) is 9.80. The van der Waals surface area contributed by atoms with Gasteiger partial charge in [0.15, 0.2) is 5.58 Å². The van der Waals surface area contributed by atoms with Gasteiger partial charge in [-0.05, 0) is 18.2 Å². The molecule has 0 unspecified atom stereocenters. The monoisotopic (exact) mass is 270 g/mol. The Balaban J connectivity index is 1.96. The van der Waals surface area contributed by atoms with Crippen LogP contribution in [-0.4, -0.2) is 32.7 Å². The van der Waals surface area contributed by atoms with Crippen molar-refractivity contribution in [3.63, 3.8) is 0 Å². The van der Waals surface area contributed by atoms with E-state index in [4.69, 9.17) is 10.2 Å². The lowest BCUT2D eigenvalue weighted by Gasteiger charge is -2.01. The van der Waals surface area contributed by atoms with E-state index in [0.717, 1.165) is 6.26 Å². The molecule has 0 saturated heterocycles. The molecule has 0 fully saturated rings. The van der Waals surface area contributed by atoms with Crippen LogP contribution < -0.4 is 15.8 Å². The summed E-state index contributed by atoms with van der Waals surface area (Å²) in [4.78, 5) is 4.17. The molecular formula is C10H14N4O3S. The van der Waals surface area contributed by atoms with Gasteiger partial charge in [0.1, 0.15) is 5.52 Å². The largest absolute Gasteiger partial charge is 0.424 e. The Morgan fingerprint density at radius 1 is 1.39 bits per heavy atom. The van der Waals surface area contributed by atoms with Crippen LogP contribution in [0.25, 0.3) is 11.1 Å². The zero-order valence-corrected chi connectivity index (χ0v) is 10.6. The minimum Gasteiger partial charge on any atom is -0.424 e. The fourth-order valence-electron chi connectivity index (χ4n) is 1.43. The van der Waals surface area contributed by atoms with Crippen molar-refractivity contribution in [1.82, 2.24) is 9.71 Å². The second-order valence-electron chi connectivity index (χ2n) is 3.84. The maximum atomic E-state index is 10.8.